The van der Waals surface area contributed by atoms with E-state index in [0.717, 1.165) is 22.1 Å². The topological polar surface area (TPSA) is 116 Å². The lowest BCUT2D eigenvalue weighted by Gasteiger charge is -2.36. The Bertz CT molecular complexity index is 2160. The van der Waals surface area contributed by atoms with Gasteiger partial charge >= 0.3 is 0 Å². The standard InChI is InChI=1S/C39H35ClN4O5/c1-25(7-6-12-36(46)42-23-29-10-3-2-8-27(29)19-32(42)24-45)39(49)34-20-30(40)15-18-35(34)43(38(39)48)22-26-13-16-31(17-14-26)44-37(47)33-11-5-4-9-28(33)21-41-44/h2-11,13-18,20-21,25,32,45,49H,12,19,22-24H2,1H3/b7-6+/t25-,32-,39+/m0/s1. The molecule has 0 spiro atoms. The molecular formula is C39H35ClN4O5. The maximum atomic E-state index is 14.1. The molecule has 10 heteroatoms. The summed E-state index contributed by atoms with van der Waals surface area (Å²) < 4.78 is 1.34. The number of hydrogen-bond acceptors (Lipinski definition) is 6. The zero-order chi connectivity index (χ0) is 34.3. The number of anilines is 1. The van der Waals surface area contributed by atoms with Gasteiger partial charge in [0, 0.05) is 34.9 Å². The largest absolute Gasteiger partial charge is 0.394 e. The van der Waals surface area contributed by atoms with Crippen LogP contribution in [-0.2, 0) is 34.7 Å². The molecule has 7 rings (SSSR count). The van der Waals surface area contributed by atoms with Gasteiger partial charge in [-0.1, -0.05) is 85.3 Å². The Hall–Kier alpha value is -5.09. The third-order valence-corrected chi connectivity index (χ3v) is 9.95. The summed E-state index contributed by atoms with van der Waals surface area (Å²) in [6.07, 6.45) is 5.67. The van der Waals surface area contributed by atoms with E-state index >= 15 is 0 Å². The number of amides is 2. The van der Waals surface area contributed by atoms with Crippen molar-refractivity contribution in [2.45, 2.75) is 44.5 Å². The van der Waals surface area contributed by atoms with Crippen molar-refractivity contribution >= 4 is 39.9 Å². The number of aromatic nitrogens is 2. The van der Waals surface area contributed by atoms with Crippen molar-refractivity contribution in [2.75, 3.05) is 11.5 Å². The van der Waals surface area contributed by atoms with E-state index in [0.29, 0.717) is 40.3 Å². The molecule has 0 radical (unpaired) electrons. The van der Waals surface area contributed by atoms with Crippen LogP contribution < -0.4 is 10.5 Å². The predicted octanol–water partition coefficient (Wildman–Crippen LogP) is 5.30. The van der Waals surface area contributed by atoms with E-state index in [1.165, 1.54) is 9.58 Å². The van der Waals surface area contributed by atoms with E-state index in [2.05, 4.69) is 5.10 Å². The van der Waals surface area contributed by atoms with Gasteiger partial charge in [-0.05, 0) is 59.5 Å². The third-order valence-electron chi connectivity index (χ3n) is 9.71. The molecule has 0 saturated heterocycles. The Morgan fingerprint density at radius 2 is 1.76 bits per heavy atom. The minimum atomic E-state index is -1.92. The van der Waals surface area contributed by atoms with Crippen LogP contribution in [0.2, 0.25) is 5.02 Å². The summed E-state index contributed by atoms with van der Waals surface area (Å²) in [5, 5.41) is 28.1. The number of fused-ring (bicyclic) bond motifs is 3. The number of benzene rings is 4. The Kier molecular flexibility index (Phi) is 8.66. The molecule has 49 heavy (non-hydrogen) atoms. The maximum Gasteiger partial charge on any atom is 0.279 e. The quantitative estimate of drug-likeness (QED) is 0.216. The minimum Gasteiger partial charge on any atom is -0.394 e. The highest BCUT2D eigenvalue weighted by Gasteiger charge is 2.52. The first kappa shape index (κ1) is 32.5. The zero-order valence-electron chi connectivity index (χ0n) is 26.9. The molecule has 4 aromatic carbocycles. The van der Waals surface area contributed by atoms with Gasteiger partial charge in [-0.3, -0.25) is 14.4 Å². The second-order valence-corrected chi connectivity index (χ2v) is 13.1. The first-order valence-corrected chi connectivity index (χ1v) is 16.6. The minimum absolute atomic E-state index is 0.0564. The Morgan fingerprint density at radius 3 is 2.53 bits per heavy atom. The number of halogens is 1. The highest BCUT2D eigenvalue weighted by Crippen LogP contribution is 2.46. The van der Waals surface area contributed by atoms with Gasteiger partial charge in [-0.25, -0.2) is 0 Å². The second-order valence-electron chi connectivity index (χ2n) is 12.7. The van der Waals surface area contributed by atoms with E-state index in [-0.39, 0.29) is 37.1 Å². The fourth-order valence-electron chi connectivity index (χ4n) is 6.95. The summed E-state index contributed by atoms with van der Waals surface area (Å²) in [6.45, 7) is 2.20. The van der Waals surface area contributed by atoms with Gasteiger partial charge < -0.3 is 20.0 Å². The molecule has 2 amide bonds. The summed E-state index contributed by atoms with van der Waals surface area (Å²) in [5.74, 6) is -1.34. The zero-order valence-corrected chi connectivity index (χ0v) is 27.6. The molecule has 0 fully saturated rings. The van der Waals surface area contributed by atoms with Crippen LogP contribution in [0.1, 0.15) is 35.6 Å². The van der Waals surface area contributed by atoms with Crippen molar-refractivity contribution in [3.63, 3.8) is 0 Å². The number of nitrogens with zero attached hydrogens (tertiary/aromatic N) is 4. The van der Waals surface area contributed by atoms with Gasteiger partial charge in [0.05, 0.1) is 42.2 Å². The van der Waals surface area contributed by atoms with Crippen LogP contribution in [0.4, 0.5) is 5.69 Å². The average Bonchev–Trinajstić information content (AvgIpc) is 3.33. The van der Waals surface area contributed by atoms with Gasteiger partial charge in [0.25, 0.3) is 11.5 Å². The number of aliphatic hydroxyl groups excluding tert-OH is 1. The summed E-state index contributed by atoms with van der Waals surface area (Å²) in [5.41, 5.74) is 2.36. The number of carbonyl (C=O) groups excluding carboxylic acids is 2. The molecule has 2 aliphatic rings. The van der Waals surface area contributed by atoms with E-state index in [1.807, 2.05) is 54.6 Å². The van der Waals surface area contributed by atoms with Crippen molar-refractivity contribution in [2.24, 2.45) is 5.92 Å². The maximum absolute atomic E-state index is 14.1. The summed E-state index contributed by atoms with van der Waals surface area (Å²) in [4.78, 5) is 43.7. The van der Waals surface area contributed by atoms with E-state index < -0.39 is 17.4 Å². The molecule has 0 unspecified atom stereocenters. The van der Waals surface area contributed by atoms with Crippen molar-refractivity contribution in [3.05, 3.63) is 147 Å². The molecule has 0 aliphatic carbocycles. The molecule has 0 bridgehead atoms. The SMILES string of the molecule is C[C@@H](/C=C/CC(=O)N1Cc2ccccc2C[C@H]1CO)[C@]1(O)C(=O)N(Cc2ccc(-n3ncc4ccccc4c3=O)cc2)c2ccc(Cl)cc21. The van der Waals surface area contributed by atoms with E-state index in [4.69, 9.17) is 11.6 Å². The molecule has 0 saturated carbocycles. The fourth-order valence-corrected chi connectivity index (χ4v) is 7.12. The molecular weight excluding hydrogens is 640 g/mol. The smallest absolute Gasteiger partial charge is 0.279 e. The van der Waals surface area contributed by atoms with Gasteiger partial charge in [-0.15, -0.1) is 0 Å². The molecule has 1 aromatic heterocycles. The van der Waals surface area contributed by atoms with Crippen molar-refractivity contribution in [1.82, 2.24) is 14.7 Å². The summed E-state index contributed by atoms with van der Waals surface area (Å²) >= 11 is 6.37. The van der Waals surface area contributed by atoms with Gasteiger partial charge in [0.2, 0.25) is 5.91 Å². The Balaban J connectivity index is 1.09. The number of aliphatic hydroxyl groups is 2. The van der Waals surface area contributed by atoms with Crippen LogP contribution in [0.15, 0.2) is 114 Å². The van der Waals surface area contributed by atoms with Crippen molar-refractivity contribution in [3.8, 4) is 5.69 Å². The molecule has 248 valence electrons. The summed E-state index contributed by atoms with van der Waals surface area (Å²) in [6, 6.07) is 27.1. The van der Waals surface area contributed by atoms with Gasteiger partial charge in [0.15, 0.2) is 5.60 Å². The summed E-state index contributed by atoms with van der Waals surface area (Å²) in [7, 11) is 0. The van der Waals surface area contributed by atoms with Crippen LogP contribution in [0.3, 0.4) is 0 Å². The average molecular weight is 675 g/mol. The first-order chi connectivity index (χ1) is 23.7. The molecule has 2 aliphatic heterocycles. The fraction of sp³-hybridized carbons (Fsp3) is 0.231. The molecule has 3 heterocycles. The first-order valence-electron chi connectivity index (χ1n) is 16.2. The van der Waals surface area contributed by atoms with Crippen LogP contribution in [0.25, 0.3) is 16.5 Å². The number of hydrogen-bond donors (Lipinski definition) is 2. The van der Waals surface area contributed by atoms with Crippen LogP contribution in [0, 0.1) is 5.92 Å². The van der Waals surface area contributed by atoms with Crippen LogP contribution >= 0.6 is 11.6 Å². The lowest BCUT2D eigenvalue weighted by Crippen LogP contribution is -2.46. The van der Waals surface area contributed by atoms with Crippen molar-refractivity contribution in [1.29, 1.82) is 0 Å². The molecule has 2 N–H and O–H groups in total. The number of carbonyl (C=O) groups is 2. The van der Waals surface area contributed by atoms with Crippen LogP contribution in [0.5, 0.6) is 0 Å². The lowest BCUT2D eigenvalue weighted by atomic mass is 9.83. The normalized spacial score (nSPS) is 19.3. The highest BCUT2D eigenvalue weighted by molar-refractivity contribution is 6.31. The Labute approximate surface area is 288 Å². The van der Waals surface area contributed by atoms with E-state index in [1.54, 1.807) is 66.6 Å². The molecule has 9 nitrogen and oxygen atoms in total. The monoisotopic (exact) mass is 674 g/mol. The predicted molar refractivity (Wildman–Crippen MR) is 188 cm³/mol. The van der Waals surface area contributed by atoms with Crippen molar-refractivity contribution < 1.29 is 19.8 Å². The molecule has 5 aromatic rings. The Morgan fingerprint density at radius 1 is 1.02 bits per heavy atom. The third kappa shape index (κ3) is 5.84. The highest BCUT2D eigenvalue weighted by atomic mass is 35.5. The van der Waals surface area contributed by atoms with E-state index in [9.17, 15) is 24.6 Å². The lowest BCUT2D eigenvalue weighted by molar-refractivity contribution is -0.139. The molecule has 3 atom stereocenters. The second kappa shape index (κ2) is 13.1. The van der Waals surface area contributed by atoms with Crippen LogP contribution in [-0.4, -0.2) is 49.4 Å². The van der Waals surface area contributed by atoms with Gasteiger partial charge in [-0.2, -0.15) is 9.78 Å². The van der Waals surface area contributed by atoms with Gasteiger partial charge in [0.1, 0.15) is 0 Å². The number of rotatable bonds is 8.